The summed E-state index contributed by atoms with van der Waals surface area (Å²) in [5, 5.41) is 5.93. The average molecular weight is 466 g/mol. The zero-order valence-corrected chi connectivity index (χ0v) is 20.1. The predicted octanol–water partition coefficient (Wildman–Crippen LogP) is 5.03. The summed E-state index contributed by atoms with van der Waals surface area (Å²) in [6.45, 7) is 5.89. The van der Waals surface area contributed by atoms with Crippen LogP contribution in [0.15, 0.2) is 66.4 Å². The monoisotopic (exact) mass is 465 g/mol. The fourth-order valence-corrected chi connectivity index (χ4v) is 5.15. The number of nitrogens with zero attached hydrogens (tertiary/aromatic N) is 1. The van der Waals surface area contributed by atoms with Gasteiger partial charge in [0.05, 0.1) is 11.4 Å². The van der Waals surface area contributed by atoms with Gasteiger partial charge in [0.25, 0.3) is 5.91 Å². The molecule has 6 heteroatoms. The Morgan fingerprint density at radius 1 is 0.914 bits per heavy atom. The van der Waals surface area contributed by atoms with Gasteiger partial charge in [-0.05, 0) is 74.6 Å². The number of benzene rings is 3. The normalized spacial score (nSPS) is 15.2. The first-order chi connectivity index (χ1) is 16.8. The highest BCUT2D eigenvalue weighted by Gasteiger charge is 2.32. The molecule has 0 fully saturated rings. The minimum atomic E-state index is -0.311. The highest BCUT2D eigenvalue weighted by molar-refractivity contribution is 6.12. The van der Waals surface area contributed by atoms with Crippen LogP contribution in [0.5, 0.6) is 0 Å². The third-order valence-corrected chi connectivity index (χ3v) is 6.59. The SMILES string of the molecule is Cc1cc(C)c(C(=O)Nc2ccc(N3C(=O)CC(=O)NC4=C3CCc3ccccc34)cc2)c(C)c1. The van der Waals surface area contributed by atoms with E-state index in [0.29, 0.717) is 29.1 Å². The van der Waals surface area contributed by atoms with Gasteiger partial charge in [0.1, 0.15) is 6.42 Å². The molecule has 2 N–H and O–H groups in total. The molecule has 5 rings (SSSR count). The molecule has 0 saturated heterocycles. The number of aryl methyl sites for hydroxylation is 4. The Labute approximate surface area is 204 Å². The van der Waals surface area contributed by atoms with Gasteiger partial charge < -0.3 is 10.6 Å². The highest BCUT2D eigenvalue weighted by Crippen LogP contribution is 2.36. The van der Waals surface area contributed by atoms with Crippen molar-refractivity contribution in [3.05, 3.63) is 99.7 Å². The van der Waals surface area contributed by atoms with Crippen LogP contribution in [0.3, 0.4) is 0 Å². The maximum absolute atomic E-state index is 13.1. The number of carbonyl (C=O) groups is 3. The van der Waals surface area contributed by atoms with E-state index in [2.05, 4.69) is 16.7 Å². The van der Waals surface area contributed by atoms with Crippen LogP contribution in [0.4, 0.5) is 11.4 Å². The molecule has 0 aromatic heterocycles. The Kier molecular flexibility index (Phi) is 5.73. The molecule has 1 aliphatic carbocycles. The third kappa shape index (κ3) is 4.23. The molecular weight excluding hydrogens is 438 g/mol. The molecule has 2 aliphatic rings. The van der Waals surface area contributed by atoms with Crippen molar-refractivity contribution in [1.82, 2.24) is 5.32 Å². The Hall–Kier alpha value is -4.19. The number of carbonyl (C=O) groups excluding carboxylic acids is 3. The summed E-state index contributed by atoms with van der Waals surface area (Å²) >= 11 is 0. The Morgan fingerprint density at radius 2 is 1.60 bits per heavy atom. The largest absolute Gasteiger partial charge is 0.324 e. The number of nitrogens with one attached hydrogen (secondary N) is 2. The van der Waals surface area contributed by atoms with E-state index in [1.165, 1.54) is 0 Å². The molecule has 1 heterocycles. The molecule has 35 heavy (non-hydrogen) atoms. The van der Waals surface area contributed by atoms with Crippen molar-refractivity contribution in [2.75, 3.05) is 10.2 Å². The van der Waals surface area contributed by atoms with Gasteiger partial charge in [-0.1, -0.05) is 42.0 Å². The Balaban J connectivity index is 1.46. The van der Waals surface area contributed by atoms with E-state index < -0.39 is 0 Å². The molecule has 0 saturated carbocycles. The van der Waals surface area contributed by atoms with Crippen molar-refractivity contribution < 1.29 is 14.4 Å². The number of allylic oxidation sites excluding steroid dienone is 1. The lowest BCUT2D eigenvalue weighted by molar-refractivity contribution is -0.126. The van der Waals surface area contributed by atoms with E-state index in [-0.39, 0.29) is 24.1 Å². The molecule has 1 aliphatic heterocycles. The number of amides is 3. The number of rotatable bonds is 3. The van der Waals surface area contributed by atoms with E-state index in [0.717, 1.165) is 39.9 Å². The van der Waals surface area contributed by atoms with Crippen molar-refractivity contribution in [2.24, 2.45) is 0 Å². The first-order valence-corrected chi connectivity index (χ1v) is 11.8. The van der Waals surface area contributed by atoms with Crippen LogP contribution < -0.4 is 15.5 Å². The van der Waals surface area contributed by atoms with Gasteiger partial charge in [-0.2, -0.15) is 0 Å². The van der Waals surface area contributed by atoms with E-state index in [1.54, 1.807) is 17.0 Å². The van der Waals surface area contributed by atoms with Crippen LogP contribution in [-0.2, 0) is 16.0 Å². The lowest BCUT2D eigenvalue weighted by Gasteiger charge is -2.29. The van der Waals surface area contributed by atoms with Gasteiger partial charge in [-0.25, -0.2) is 0 Å². The summed E-state index contributed by atoms with van der Waals surface area (Å²) < 4.78 is 0. The molecule has 176 valence electrons. The number of fused-ring (bicyclic) bond motifs is 2. The molecule has 0 atom stereocenters. The van der Waals surface area contributed by atoms with Gasteiger partial charge in [0.2, 0.25) is 11.8 Å². The van der Waals surface area contributed by atoms with Gasteiger partial charge >= 0.3 is 0 Å². The molecular formula is C29H27N3O3. The van der Waals surface area contributed by atoms with Crippen molar-refractivity contribution in [1.29, 1.82) is 0 Å². The summed E-state index contributed by atoms with van der Waals surface area (Å²) in [5.41, 5.74) is 8.55. The standard InChI is InChI=1S/C29H27N3O3/c1-17-14-18(2)27(19(3)15-17)29(35)30-21-9-11-22(12-10-21)32-24-13-8-20-6-4-5-7-23(20)28(24)31-25(33)16-26(32)34/h4-7,9-12,14-15H,8,13,16H2,1-3H3,(H,30,35)(H,31,33). The Morgan fingerprint density at radius 3 is 2.31 bits per heavy atom. The van der Waals surface area contributed by atoms with Crippen molar-refractivity contribution in [2.45, 2.75) is 40.0 Å². The molecule has 3 amide bonds. The summed E-state index contributed by atoms with van der Waals surface area (Å²) in [5.74, 6) is -0.744. The molecule has 0 radical (unpaired) electrons. The topological polar surface area (TPSA) is 78.5 Å². The maximum Gasteiger partial charge on any atom is 0.256 e. The second-order valence-electron chi connectivity index (χ2n) is 9.21. The number of hydrogen-bond acceptors (Lipinski definition) is 3. The van der Waals surface area contributed by atoms with E-state index in [1.807, 2.05) is 63.2 Å². The molecule has 0 spiro atoms. The van der Waals surface area contributed by atoms with Crippen LogP contribution in [0.2, 0.25) is 0 Å². The van der Waals surface area contributed by atoms with Gasteiger partial charge in [-0.3, -0.25) is 19.3 Å². The predicted molar refractivity (Wildman–Crippen MR) is 137 cm³/mol. The van der Waals surface area contributed by atoms with E-state index in [9.17, 15) is 14.4 Å². The summed E-state index contributed by atoms with van der Waals surface area (Å²) in [7, 11) is 0. The first kappa shape index (κ1) is 22.6. The fraction of sp³-hybridized carbons (Fsp3) is 0.207. The van der Waals surface area contributed by atoms with Crippen LogP contribution in [0.25, 0.3) is 5.70 Å². The maximum atomic E-state index is 13.1. The van der Waals surface area contributed by atoms with Crippen molar-refractivity contribution in [3.63, 3.8) is 0 Å². The lowest BCUT2D eigenvalue weighted by atomic mass is 9.91. The summed E-state index contributed by atoms with van der Waals surface area (Å²) in [6.07, 6.45) is 1.21. The quantitative estimate of drug-likeness (QED) is 0.533. The van der Waals surface area contributed by atoms with Crippen LogP contribution in [0, 0.1) is 20.8 Å². The average Bonchev–Trinajstić information content (AvgIpc) is 2.93. The third-order valence-electron chi connectivity index (χ3n) is 6.59. The van der Waals surface area contributed by atoms with Gasteiger partial charge in [0, 0.05) is 22.5 Å². The second kappa shape index (κ2) is 8.87. The summed E-state index contributed by atoms with van der Waals surface area (Å²) in [4.78, 5) is 40.2. The second-order valence-corrected chi connectivity index (χ2v) is 9.21. The minimum Gasteiger partial charge on any atom is -0.324 e. The number of anilines is 2. The molecule has 6 nitrogen and oxygen atoms in total. The zero-order valence-electron chi connectivity index (χ0n) is 20.1. The highest BCUT2D eigenvalue weighted by atomic mass is 16.2. The van der Waals surface area contributed by atoms with Crippen LogP contribution in [-0.4, -0.2) is 17.7 Å². The van der Waals surface area contributed by atoms with E-state index in [4.69, 9.17) is 0 Å². The van der Waals surface area contributed by atoms with E-state index >= 15 is 0 Å². The van der Waals surface area contributed by atoms with Crippen molar-refractivity contribution in [3.8, 4) is 0 Å². The minimum absolute atomic E-state index is 0.165. The van der Waals surface area contributed by atoms with Gasteiger partial charge in [-0.15, -0.1) is 0 Å². The smallest absolute Gasteiger partial charge is 0.256 e. The molecule has 0 unspecified atom stereocenters. The number of hydrogen-bond donors (Lipinski definition) is 2. The first-order valence-electron chi connectivity index (χ1n) is 11.8. The van der Waals surface area contributed by atoms with Crippen LogP contribution in [0.1, 0.15) is 51.0 Å². The molecule has 3 aromatic rings. The lowest BCUT2D eigenvalue weighted by Crippen LogP contribution is -2.31. The Bertz CT molecular complexity index is 1380. The fourth-order valence-electron chi connectivity index (χ4n) is 5.15. The van der Waals surface area contributed by atoms with Gasteiger partial charge in [0.15, 0.2) is 0 Å². The van der Waals surface area contributed by atoms with Crippen molar-refractivity contribution >= 4 is 34.8 Å². The molecule has 0 bridgehead atoms. The zero-order chi connectivity index (χ0) is 24.7. The van der Waals surface area contributed by atoms with Crippen LogP contribution >= 0.6 is 0 Å². The summed E-state index contributed by atoms with van der Waals surface area (Å²) in [6, 6.07) is 19.1. The molecule has 3 aromatic carbocycles.